The maximum atomic E-state index is 11.8. The molecule has 8 nitrogen and oxygen atoms in total. The predicted octanol–water partition coefficient (Wildman–Crippen LogP) is 2.39. The number of carboxylic acids is 1. The van der Waals surface area contributed by atoms with Gasteiger partial charge in [0.05, 0.1) is 5.15 Å². The Labute approximate surface area is 166 Å². The van der Waals surface area contributed by atoms with Gasteiger partial charge in [0.1, 0.15) is 34.2 Å². The van der Waals surface area contributed by atoms with Crippen LogP contribution in [0.25, 0.3) is 0 Å². The average Bonchev–Trinajstić information content (AvgIpc) is 3.33. The largest absolute Gasteiger partial charge is 0.537 e. The first-order valence-corrected chi connectivity index (χ1v) is 10.4. The van der Waals surface area contributed by atoms with Crippen LogP contribution in [0.1, 0.15) is 20.9 Å². The highest BCUT2D eigenvalue weighted by Gasteiger charge is 2.39. The third-order valence-corrected chi connectivity index (χ3v) is 6.62. The zero-order chi connectivity index (χ0) is 18.8. The highest BCUT2D eigenvalue weighted by molar-refractivity contribution is 8.02. The molecule has 1 aliphatic heterocycles. The molecule has 0 fully saturated rings. The number of thiazole rings is 1. The van der Waals surface area contributed by atoms with E-state index < -0.39 is 13.1 Å². The Morgan fingerprint density at radius 1 is 1.44 bits per heavy atom. The lowest BCUT2D eigenvalue weighted by atomic mass is 9.77. The smallest absolute Gasteiger partial charge is 0.534 e. The van der Waals surface area contributed by atoms with Gasteiger partial charge >= 0.3 is 13.1 Å². The van der Waals surface area contributed by atoms with E-state index in [2.05, 4.69) is 15.2 Å². The standard InChI is InChI=1S/C15H12BN3O5S3/c20-14(21)12-9(23-6-11-17-3-4-25-11)2-1-8-5-10(16(22)24-13(8)12)27-15-19-18-7-26-15/h1-4,7,10,22H,5-6H2,(H,20,21)/t10-/m0/s1. The number of rotatable bonds is 6. The van der Waals surface area contributed by atoms with E-state index >= 15 is 0 Å². The molecular weight excluding hydrogens is 409 g/mol. The Bertz CT molecular complexity index is 939. The zero-order valence-electron chi connectivity index (χ0n) is 13.6. The Balaban J connectivity index is 1.59. The molecule has 27 heavy (non-hydrogen) atoms. The first kappa shape index (κ1) is 18.2. The summed E-state index contributed by atoms with van der Waals surface area (Å²) in [7, 11) is -1.17. The van der Waals surface area contributed by atoms with Gasteiger partial charge in [0.25, 0.3) is 0 Å². The van der Waals surface area contributed by atoms with E-state index in [1.807, 2.05) is 5.38 Å². The number of ether oxygens (including phenoxy) is 1. The number of aromatic nitrogens is 3. The molecule has 138 valence electrons. The molecule has 1 atom stereocenters. The van der Waals surface area contributed by atoms with Gasteiger partial charge in [-0.2, -0.15) is 0 Å². The van der Waals surface area contributed by atoms with Crippen LogP contribution in [0.15, 0.2) is 33.6 Å². The van der Waals surface area contributed by atoms with E-state index in [4.69, 9.17) is 9.39 Å². The molecule has 0 spiro atoms. The first-order valence-electron chi connectivity index (χ1n) is 7.79. The fourth-order valence-electron chi connectivity index (χ4n) is 2.65. The normalized spacial score (nSPS) is 15.9. The van der Waals surface area contributed by atoms with Gasteiger partial charge in [0.2, 0.25) is 0 Å². The lowest BCUT2D eigenvalue weighted by molar-refractivity contribution is 0.0689. The second kappa shape index (κ2) is 7.84. The number of nitrogens with zero attached hydrogens (tertiary/aromatic N) is 3. The van der Waals surface area contributed by atoms with E-state index in [0.717, 1.165) is 5.01 Å². The molecule has 2 aromatic heterocycles. The van der Waals surface area contributed by atoms with Crippen molar-refractivity contribution < 1.29 is 24.3 Å². The number of hydrogen-bond acceptors (Lipinski definition) is 10. The molecule has 3 aromatic rings. The summed E-state index contributed by atoms with van der Waals surface area (Å²) in [4.78, 5) is 15.9. The molecule has 0 amide bonds. The van der Waals surface area contributed by atoms with Gasteiger partial charge < -0.3 is 19.5 Å². The van der Waals surface area contributed by atoms with Crippen molar-refractivity contribution in [3.8, 4) is 11.5 Å². The molecule has 2 N–H and O–H groups in total. The number of carboxylic acid groups (broad SMARTS) is 1. The maximum absolute atomic E-state index is 11.8. The molecule has 0 saturated heterocycles. The van der Waals surface area contributed by atoms with Crippen LogP contribution in [-0.2, 0) is 13.0 Å². The van der Waals surface area contributed by atoms with E-state index in [9.17, 15) is 14.9 Å². The molecule has 0 radical (unpaired) electrons. The van der Waals surface area contributed by atoms with Crippen molar-refractivity contribution >= 4 is 47.5 Å². The molecule has 0 saturated carbocycles. The van der Waals surface area contributed by atoms with Crippen molar-refractivity contribution in [2.75, 3.05) is 0 Å². The molecule has 0 aliphatic carbocycles. The molecule has 12 heteroatoms. The van der Waals surface area contributed by atoms with Crippen molar-refractivity contribution in [3.05, 3.63) is 45.4 Å². The van der Waals surface area contributed by atoms with Crippen LogP contribution in [0.3, 0.4) is 0 Å². The van der Waals surface area contributed by atoms with Crippen LogP contribution in [-0.4, -0.2) is 43.5 Å². The van der Waals surface area contributed by atoms with Crippen molar-refractivity contribution in [3.63, 3.8) is 0 Å². The molecule has 0 bridgehead atoms. The highest BCUT2D eigenvalue weighted by Crippen LogP contribution is 2.40. The Morgan fingerprint density at radius 3 is 3.04 bits per heavy atom. The van der Waals surface area contributed by atoms with Crippen molar-refractivity contribution in [1.29, 1.82) is 0 Å². The number of aromatic carboxylic acids is 1. The van der Waals surface area contributed by atoms with E-state index in [0.29, 0.717) is 16.3 Å². The third-order valence-electron chi connectivity index (χ3n) is 3.82. The lowest BCUT2D eigenvalue weighted by Gasteiger charge is -2.28. The van der Waals surface area contributed by atoms with Crippen LogP contribution in [0.2, 0.25) is 0 Å². The molecule has 3 heterocycles. The Hall–Kier alpha value is -2.15. The SMILES string of the molecule is O=C(O)c1c(OCc2nccs2)ccc2c1OB(O)[C@@H](Sc1nncs1)C2. The van der Waals surface area contributed by atoms with Crippen LogP contribution in [0, 0.1) is 0 Å². The zero-order valence-corrected chi connectivity index (χ0v) is 16.1. The predicted molar refractivity (Wildman–Crippen MR) is 102 cm³/mol. The second-order valence-electron chi connectivity index (χ2n) is 5.52. The van der Waals surface area contributed by atoms with Gasteiger partial charge in [-0.1, -0.05) is 29.2 Å². The Morgan fingerprint density at radius 2 is 2.33 bits per heavy atom. The fourth-order valence-corrected chi connectivity index (χ4v) is 4.96. The Kier molecular flexibility index (Phi) is 5.30. The van der Waals surface area contributed by atoms with E-state index in [1.54, 1.807) is 23.8 Å². The molecular formula is C15H12BN3O5S3. The molecule has 1 aliphatic rings. The van der Waals surface area contributed by atoms with Gasteiger partial charge in [-0.05, 0) is 18.1 Å². The van der Waals surface area contributed by atoms with E-state index in [-0.39, 0.29) is 28.8 Å². The number of hydrogen-bond donors (Lipinski definition) is 2. The van der Waals surface area contributed by atoms with Gasteiger partial charge in [-0.25, -0.2) is 9.78 Å². The quantitative estimate of drug-likeness (QED) is 0.579. The van der Waals surface area contributed by atoms with Gasteiger partial charge in [-0.15, -0.1) is 21.5 Å². The van der Waals surface area contributed by atoms with Crippen LogP contribution < -0.4 is 9.39 Å². The van der Waals surface area contributed by atoms with Crippen LogP contribution in [0.5, 0.6) is 11.5 Å². The molecule has 4 rings (SSSR count). The minimum absolute atomic E-state index is 0.0949. The van der Waals surface area contributed by atoms with Crippen molar-refractivity contribution in [2.24, 2.45) is 0 Å². The summed E-state index contributed by atoms with van der Waals surface area (Å²) in [5.41, 5.74) is 2.21. The topological polar surface area (TPSA) is 115 Å². The monoisotopic (exact) mass is 421 g/mol. The summed E-state index contributed by atoms with van der Waals surface area (Å²) >= 11 is 4.14. The summed E-state index contributed by atoms with van der Waals surface area (Å²) in [6.07, 6.45) is 2.09. The maximum Gasteiger partial charge on any atom is 0.537 e. The minimum atomic E-state index is -1.18. The van der Waals surface area contributed by atoms with Gasteiger partial charge in [0, 0.05) is 11.6 Å². The number of thioether (sulfide) groups is 1. The highest BCUT2D eigenvalue weighted by atomic mass is 32.2. The lowest BCUT2D eigenvalue weighted by Crippen LogP contribution is -2.40. The van der Waals surface area contributed by atoms with Crippen molar-refractivity contribution in [2.45, 2.75) is 22.5 Å². The summed E-state index contributed by atoms with van der Waals surface area (Å²) in [6.45, 7) is 0.162. The third kappa shape index (κ3) is 3.93. The number of fused-ring (bicyclic) bond motifs is 1. The van der Waals surface area contributed by atoms with Gasteiger partial charge in [-0.3, -0.25) is 0 Å². The van der Waals surface area contributed by atoms with Gasteiger partial charge in [0.15, 0.2) is 4.34 Å². The number of carbonyl (C=O) groups is 1. The van der Waals surface area contributed by atoms with Crippen LogP contribution >= 0.6 is 34.4 Å². The number of benzene rings is 1. The first-order chi connectivity index (χ1) is 13.1. The second-order valence-corrected chi connectivity index (χ2v) is 8.82. The summed E-state index contributed by atoms with van der Waals surface area (Å²) in [5, 5.41) is 30.0. The summed E-state index contributed by atoms with van der Waals surface area (Å²) in [5.74, 6) is -0.858. The van der Waals surface area contributed by atoms with Crippen LogP contribution in [0.4, 0.5) is 0 Å². The molecule has 0 unspecified atom stereocenters. The average molecular weight is 421 g/mol. The summed E-state index contributed by atoms with van der Waals surface area (Å²) in [6, 6.07) is 3.38. The van der Waals surface area contributed by atoms with E-state index in [1.165, 1.54) is 34.4 Å². The van der Waals surface area contributed by atoms with Crippen molar-refractivity contribution in [1.82, 2.24) is 15.2 Å². The molecule has 1 aromatic carbocycles. The minimum Gasteiger partial charge on any atom is -0.534 e. The fraction of sp³-hybridized carbons (Fsp3) is 0.200. The summed E-state index contributed by atoms with van der Waals surface area (Å²) < 4.78 is 11.9.